The Labute approximate surface area is 171 Å². The van der Waals surface area contributed by atoms with Crippen molar-refractivity contribution in [3.63, 3.8) is 0 Å². The number of ether oxygens (including phenoxy) is 1. The van der Waals surface area contributed by atoms with Gasteiger partial charge < -0.3 is 19.8 Å². The largest absolute Gasteiger partial charge is 0.482 e. The van der Waals surface area contributed by atoms with E-state index in [9.17, 15) is 14.7 Å². The van der Waals surface area contributed by atoms with Gasteiger partial charge in [-0.1, -0.05) is 44.0 Å². The molecule has 2 aromatic rings. The van der Waals surface area contributed by atoms with E-state index in [0.717, 1.165) is 36.1 Å². The van der Waals surface area contributed by atoms with E-state index in [0.29, 0.717) is 18.7 Å². The molecule has 0 bridgehead atoms. The highest BCUT2D eigenvalue weighted by atomic mass is 16.5. The topological polar surface area (TPSA) is 87.1 Å². The van der Waals surface area contributed by atoms with Crippen LogP contribution in [0.1, 0.15) is 50.3 Å². The smallest absolute Gasteiger partial charge is 0.341 e. The van der Waals surface area contributed by atoms with Gasteiger partial charge in [-0.25, -0.2) is 4.79 Å². The molecule has 156 valence electrons. The number of hydrogen-bond donors (Lipinski definition) is 2. The number of amides is 1. The van der Waals surface area contributed by atoms with E-state index in [1.54, 1.807) is 23.1 Å². The number of carboxylic acid groups (broad SMARTS) is 1. The number of rotatable bonds is 11. The zero-order valence-electron chi connectivity index (χ0n) is 17.0. The van der Waals surface area contributed by atoms with Gasteiger partial charge in [-0.2, -0.15) is 0 Å². The summed E-state index contributed by atoms with van der Waals surface area (Å²) in [5.41, 5.74) is 2.59. The van der Waals surface area contributed by atoms with Crippen LogP contribution < -0.4 is 9.64 Å². The van der Waals surface area contributed by atoms with E-state index in [2.05, 4.69) is 6.92 Å². The first-order valence-corrected chi connectivity index (χ1v) is 9.90. The van der Waals surface area contributed by atoms with E-state index in [1.165, 1.54) is 6.92 Å². The third kappa shape index (κ3) is 7.23. The molecule has 0 aliphatic carbocycles. The normalized spacial score (nSPS) is 11.7. The molecule has 1 atom stereocenters. The molecule has 29 heavy (non-hydrogen) atoms. The quantitative estimate of drug-likeness (QED) is 0.597. The lowest BCUT2D eigenvalue weighted by molar-refractivity contribution is -0.139. The van der Waals surface area contributed by atoms with Crippen molar-refractivity contribution < 1.29 is 24.5 Å². The lowest BCUT2D eigenvalue weighted by atomic mass is 10.0. The number of benzene rings is 2. The third-order valence-corrected chi connectivity index (χ3v) is 4.69. The van der Waals surface area contributed by atoms with E-state index < -0.39 is 12.1 Å². The number of carbonyl (C=O) groups is 2. The molecule has 2 aromatic carbocycles. The average molecular weight is 399 g/mol. The van der Waals surface area contributed by atoms with Gasteiger partial charge in [0.05, 0.1) is 6.10 Å². The number of unbranched alkanes of at least 4 members (excludes halogenated alkanes) is 1. The van der Waals surface area contributed by atoms with E-state index in [-0.39, 0.29) is 12.5 Å². The van der Waals surface area contributed by atoms with Gasteiger partial charge in [0.2, 0.25) is 5.91 Å². The molecule has 2 N–H and O–H groups in total. The standard InChI is InChI=1S/C23H29NO5/c1-3-4-8-22(26)19-9-11-20(12-10-19)24(17(2)25)14-13-18-6-5-7-21(15-18)29-16-23(27)28/h5-7,9-12,15,22,26H,3-4,8,13-14,16H2,1-2H3,(H,27,28). The fourth-order valence-corrected chi connectivity index (χ4v) is 3.09. The van der Waals surface area contributed by atoms with Gasteiger partial charge in [-0.15, -0.1) is 0 Å². The van der Waals surface area contributed by atoms with Crippen LogP contribution in [0.3, 0.4) is 0 Å². The number of anilines is 1. The number of nitrogens with zero attached hydrogens (tertiary/aromatic N) is 1. The second-order valence-corrected chi connectivity index (χ2v) is 7.00. The summed E-state index contributed by atoms with van der Waals surface area (Å²) in [6.45, 7) is 3.71. The highest BCUT2D eigenvalue weighted by Gasteiger charge is 2.13. The van der Waals surface area contributed by atoms with Crippen LogP contribution in [0.5, 0.6) is 5.75 Å². The lowest BCUT2D eigenvalue weighted by Crippen LogP contribution is -2.30. The van der Waals surface area contributed by atoms with Crippen molar-refractivity contribution in [2.24, 2.45) is 0 Å². The number of carbonyl (C=O) groups excluding carboxylic acids is 1. The number of aliphatic hydroxyl groups is 1. The highest BCUT2D eigenvalue weighted by Crippen LogP contribution is 2.23. The number of carboxylic acids is 1. The highest BCUT2D eigenvalue weighted by molar-refractivity contribution is 5.91. The van der Waals surface area contributed by atoms with Crippen molar-refractivity contribution in [1.82, 2.24) is 0 Å². The number of aliphatic carboxylic acids is 1. The molecule has 1 unspecified atom stereocenters. The summed E-state index contributed by atoms with van der Waals surface area (Å²) < 4.78 is 5.21. The van der Waals surface area contributed by atoms with Gasteiger partial charge in [-0.05, 0) is 48.2 Å². The van der Waals surface area contributed by atoms with Crippen LogP contribution in [0.4, 0.5) is 5.69 Å². The Morgan fingerprint density at radius 1 is 1.14 bits per heavy atom. The summed E-state index contributed by atoms with van der Waals surface area (Å²) >= 11 is 0. The summed E-state index contributed by atoms with van der Waals surface area (Å²) in [5, 5.41) is 18.9. The first-order valence-electron chi connectivity index (χ1n) is 9.90. The summed E-state index contributed by atoms with van der Waals surface area (Å²) in [6, 6.07) is 14.7. The van der Waals surface area contributed by atoms with Crippen molar-refractivity contribution in [2.75, 3.05) is 18.1 Å². The van der Waals surface area contributed by atoms with Crippen LogP contribution in [0.2, 0.25) is 0 Å². The Balaban J connectivity index is 2.02. The van der Waals surface area contributed by atoms with Gasteiger partial charge in [0.25, 0.3) is 0 Å². The lowest BCUT2D eigenvalue weighted by Gasteiger charge is -2.22. The van der Waals surface area contributed by atoms with Crippen LogP contribution in [0.15, 0.2) is 48.5 Å². The minimum atomic E-state index is -1.03. The predicted molar refractivity (Wildman–Crippen MR) is 112 cm³/mol. The zero-order valence-corrected chi connectivity index (χ0v) is 17.0. The Bertz CT molecular complexity index is 803. The number of aliphatic hydroxyl groups excluding tert-OH is 1. The minimum Gasteiger partial charge on any atom is -0.482 e. The molecule has 0 heterocycles. The number of hydrogen-bond acceptors (Lipinski definition) is 4. The molecule has 6 heteroatoms. The average Bonchev–Trinajstić information content (AvgIpc) is 2.71. The monoisotopic (exact) mass is 399 g/mol. The molecule has 0 aromatic heterocycles. The molecule has 6 nitrogen and oxygen atoms in total. The maximum atomic E-state index is 12.2. The molecule has 0 fully saturated rings. The van der Waals surface area contributed by atoms with Crippen LogP contribution in [-0.4, -0.2) is 35.2 Å². The second kappa shape index (κ2) is 11.2. The summed E-state index contributed by atoms with van der Waals surface area (Å²) in [7, 11) is 0. The van der Waals surface area contributed by atoms with E-state index in [1.807, 2.05) is 30.3 Å². The Morgan fingerprint density at radius 2 is 1.86 bits per heavy atom. The van der Waals surface area contributed by atoms with Gasteiger partial charge in [0.1, 0.15) is 5.75 Å². The molecule has 1 amide bonds. The van der Waals surface area contributed by atoms with Crippen LogP contribution >= 0.6 is 0 Å². The van der Waals surface area contributed by atoms with Gasteiger partial charge in [0, 0.05) is 19.2 Å². The van der Waals surface area contributed by atoms with Crippen LogP contribution in [0, 0.1) is 0 Å². The molecule has 0 saturated carbocycles. The molecule has 2 rings (SSSR count). The summed E-state index contributed by atoms with van der Waals surface area (Å²) in [5.74, 6) is -0.603. The van der Waals surface area contributed by atoms with Crippen LogP contribution in [0.25, 0.3) is 0 Å². The molecule has 0 spiro atoms. The maximum absolute atomic E-state index is 12.2. The Hall–Kier alpha value is -2.86. The predicted octanol–water partition coefficient (Wildman–Crippen LogP) is 3.97. The van der Waals surface area contributed by atoms with Crippen molar-refractivity contribution in [1.29, 1.82) is 0 Å². The van der Waals surface area contributed by atoms with Gasteiger partial charge in [-0.3, -0.25) is 4.79 Å². The van der Waals surface area contributed by atoms with E-state index >= 15 is 0 Å². The molecular weight excluding hydrogens is 370 g/mol. The summed E-state index contributed by atoms with van der Waals surface area (Å²) in [4.78, 5) is 24.5. The van der Waals surface area contributed by atoms with Crippen molar-refractivity contribution >= 4 is 17.6 Å². The van der Waals surface area contributed by atoms with Crippen molar-refractivity contribution in [2.45, 2.75) is 45.6 Å². The molecule has 0 aliphatic rings. The third-order valence-electron chi connectivity index (χ3n) is 4.69. The fourth-order valence-electron chi connectivity index (χ4n) is 3.09. The minimum absolute atomic E-state index is 0.0671. The fraction of sp³-hybridized carbons (Fsp3) is 0.391. The summed E-state index contributed by atoms with van der Waals surface area (Å²) in [6.07, 6.45) is 2.86. The Kier molecular flexibility index (Phi) is 8.68. The molecular formula is C23H29NO5. The SMILES string of the molecule is CCCCC(O)c1ccc(N(CCc2cccc(OCC(=O)O)c2)C(C)=O)cc1. The van der Waals surface area contributed by atoms with Gasteiger partial charge in [0.15, 0.2) is 6.61 Å². The van der Waals surface area contributed by atoms with Crippen molar-refractivity contribution in [3.8, 4) is 5.75 Å². The molecule has 0 saturated heterocycles. The zero-order chi connectivity index (χ0) is 21.2. The first kappa shape index (κ1) is 22.4. The molecule has 0 radical (unpaired) electrons. The maximum Gasteiger partial charge on any atom is 0.341 e. The molecule has 0 aliphatic heterocycles. The Morgan fingerprint density at radius 3 is 2.48 bits per heavy atom. The van der Waals surface area contributed by atoms with E-state index in [4.69, 9.17) is 9.84 Å². The van der Waals surface area contributed by atoms with Crippen molar-refractivity contribution in [3.05, 3.63) is 59.7 Å². The first-order chi connectivity index (χ1) is 13.9. The second-order valence-electron chi connectivity index (χ2n) is 7.00. The van der Waals surface area contributed by atoms with Crippen LogP contribution in [-0.2, 0) is 16.0 Å². The van der Waals surface area contributed by atoms with Gasteiger partial charge >= 0.3 is 5.97 Å².